The zero-order valence-electron chi connectivity index (χ0n) is 8.14. The van der Waals surface area contributed by atoms with Crippen LogP contribution in [0.2, 0.25) is 0 Å². The van der Waals surface area contributed by atoms with Gasteiger partial charge >= 0.3 is 0 Å². The van der Waals surface area contributed by atoms with Gasteiger partial charge in [-0.05, 0) is 31.7 Å². The Morgan fingerprint density at radius 2 is 2.00 bits per heavy atom. The van der Waals surface area contributed by atoms with Crippen molar-refractivity contribution in [3.8, 4) is 0 Å². The zero-order valence-corrected chi connectivity index (χ0v) is 8.14. The van der Waals surface area contributed by atoms with Crippen molar-refractivity contribution in [1.29, 1.82) is 0 Å². The van der Waals surface area contributed by atoms with Crippen LogP contribution in [0.4, 0.5) is 0 Å². The highest BCUT2D eigenvalue weighted by atomic mass is 15.2. The molecule has 0 heterocycles. The molecule has 0 radical (unpaired) electrons. The molecule has 1 heteroatoms. The fraction of sp³-hybridized carbons (Fsp3) is 1.00. The third kappa shape index (κ3) is 3.24. The minimum atomic E-state index is 0.835. The van der Waals surface area contributed by atoms with E-state index in [0.29, 0.717) is 0 Å². The molecule has 0 saturated heterocycles. The molecule has 1 nitrogen and oxygen atoms in total. The molecule has 0 amide bonds. The van der Waals surface area contributed by atoms with E-state index in [-0.39, 0.29) is 0 Å². The van der Waals surface area contributed by atoms with Gasteiger partial charge in [-0.3, -0.25) is 0 Å². The summed E-state index contributed by atoms with van der Waals surface area (Å²) in [6.45, 7) is 9.51. The Morgan fingerprint density at radius 1 is 1.36 bits per heavy atom. The quantitative estimate of drug-likeness (QED) is 0.589. The molecule has 11 heavy (non-hydrogen) atoms. The molecule has 0 aliphatic heterocycles. The summed E-state index contributed by atoms with van der Waals surface area (Å²) in [5.74, 6) is 0.835. The number of hydrogen-bond donors (Lipinski definition) is 0. The molecule has 0 spiro atoms. The molecule has 0 atom stereocenters. The lowest BCUT2D eigenvalue weighted by Gasteiger charge is -2.22. The van der Waals surface area contributed by atoms with E-state index in [1.807, 2.05) is 0 Å². The molecule has 1 rings (SSSR count). The molecule has 66 valence electrons. The molecular formula is C10H21N. The second kappa shape index (κ2) is 4.10. The average Bonchev–Trinajstić information content (AvgIpc) is 2.66. The standard InChI is InChI=1S/C10H21N/c1-4-7-11(8-9(2)3)10-5-6-10/h9-10H,4-8H2,1-3H3. The van der Waals surface area contributed by atoms with Gasteiger partial charge in [0.25, 0.3) is 0 Å². The van der Waals surface area contributed by atoms with Crippen LogP contribution in [0.5, 0.6) is 0 Å². The summed E-state index contributed by atoms with van der Waals surface area (Å²) in [6, 6.07) is 0.956. The van der Waals surface area contributed by atoms with E-state index in [9.17, 15) is 0 Å². The van der Waals surface area contributed by atoms with Crippen molar-refractivity contribution in [2.24, 2.45) is 5.92 Å². The van der Waals surface area contributed by atoms with Crippen LogP contribution in [0.1, 0.15) is 40.0 Å². The molecule has 0 N–H and O–H groups in total. The molecule has 1 saturated carbocycles. The largest absolute Gasteiger partial charge is 0.300 e. The summed E-state index contributed by atoms with van der Waals surface area (Å²) in [6.07, 6.45) is 4.21. The van der Waals surface area contributed by atoms with Gasteiger partial charge in [-0.2, -0.15) is 0 Å². The van der Waals surface area contributed by atoms with Crippen LogP contribution in [0.3, 0.4) is 0 Å². The minimum Gasteiger partial charge on any atom is -0.300 e. The monoisotopic (exact) mass is 155 g/mol. The van der Waals surface area contributed by atoms with E-state index < -0.39 is 0 Å². The van der Waals surface area contributed by atoms with Crippen LogP contribution in [-0.4, -0.2) is 24.0 Å². The van der Waals surface area contributed by atoms with Gasteiger partial charge in [-0.15, -0.1) is 0 Å². The Morgan fingerprint density at radius 3 is 2.36 bits per heavy atom. The van der Waals surface area contributed by atoms with E-state index in [2.05, 4.69) is 25.7 Å². The first-order valence-corrected chi connectivity index (χ1v) is 4.98. The van der Waals surface area contributed by atoms with Crippen molar-refractivity contribution in [2.75, 3.05) is 13.1 Å². The van der Waals surface area contributed by atoms with Crippen LogP contribution in [0.25, 0.3) is 0 Å². The first kappa shape index (κ1) is 9.05. The third-order valence-corrected chi connectivity index (χ3v) is 2.17. The lowest BCUT2D eigenvalue weighted by Crippen LogP contribution is -2.30. The Bertz CT molecular complexity index is 105. The van der Waals surface area contributed by atoms with Crippen LogP contribution in [0, 0.1) is 5.92 Å². The predicted molar refractivity (Wildman–Crippen MR) is 49.7 cm³/mol. The highest BCUT2D eigenvalue weighted by molar-refractivity contribution is 4.84. The molecular weight excluding hydrogens is 134 g/mol. The van der Waals surface area contributed by atoms with Crippen molar-refractivity contribution >= 4 is 0 Å². The van der Waals surface area contributed by atoms with Crippen LogP contribution in [-0.2, 0) is 0 Å². The molecule has 0 aromatic rings. The van der Waals surface area contributed by atoms with E-state index >= 15 is 0 Å². The lowest BCUT2D eigenvalue weighted by molar-refractivity contribution is 0.235. The fourth-order valence-electron chi connectivity index (χ4n) is 1.62. The summed E-state index contributed by atoms with van der Waals surface area (Å²) < 4.78 is 0. The van der Waals surface area contributed by atoms with Crippen molar-refractivity contribution in [3.63, 3.8) is 0 Å². The molecule has 1 aliphatic carbocycles. The maximum Gasteiger partial charge on any atom is 0.00965 e. The molecule has 1 aliphatic rings. The second-order valence-electron chi connectivity index (χ2n) is 4.12. The van der Waals surface area contributed by atoms with Crippen LogP contribution in [0.15, 0.2) is 0 Å². The Labute approximate surface area is 70.8 Å². The van der Waals surface area contributed by atoms with Crippen LogP contribution >= 0.6 is 0 Å². The van der Waals surface area contributed by atoms with Gasteiger partial charge in [0, 0.05) is 12.6 Å². The number of rotatable bonds is 5. The number of hydrogen-bond acceptors (Lipinski definition) is 1. The van der Waals surface area contributed by atoms with Gasteiger partial charge in [-0.1, -0.05) is 20.8 Å². The third-order valence-electron chi connectivity index (χ3n) is 2.17. The van der Waals surface area contributed by atoms with Crippen LogP contribution < -0.4 is 0 Å². The normalized spacial score (nSPS) is 18.3. The van der Waals surface area contributed by atoms with Crippen molar-refractivity contribution in [2.45, 2.75) is 46.1 Å². The molecule has 0 aromatic heterocycles. The zero-order chi connectivity index (χ0) is 8.27. The first-order valence-electron chi connectivity index (χ1n) is 4.98. The highest BCUT2D eigenvalue weighted by Gasteiger charge is 2.28. The first-order chi connectivity index (χ1) is 5.24. The average molecular weight is 155 g/mol. The van der Waals surface area contributed by atoms with Gasteiger partial charge in [0.05, 0.1) is 0 Å². The summed E-state index contributed by atoms with van der Waals surface area (Å²) in [7, 11) is 0. The van der Waals surface area contributed by atoms with Gasteiger partial charge in [0.2, 0.25) is 0 Å². The summed E-state index contributed by atoms with van der Waals surface area (Å²) >= 11 is 0. The van der Waals surface area contributed by atoms with Gasteiger partial charge in [0.15, 0.2) is 0 Å². The maximum absolute atomic E-state index is 2.66. The molecule has 0 aromatic carbocycles. The Kier molecular flexibility index (Phi) is 3.38. The Balaban J connectivity index is 2.20. The maximum atomic E-state index is 2.66. The van der Waals surface area contributed by atoms with E-state index in [1.54, 1.807) is 0 Å². The predicted octanol–water partition coefficient (Wildman–Crippen LogP) is 2.52. The fourth-order valence-corrected chi connectivity index (χ4v) is 1.62. The smallest absolute Gasteiger partial charge is 0.00965 e. The molecule has 1 fully saturated rings. The molecule has 0 unspecified atom stereocenters. The summed E-state index contributed by atoms with van der Waals surface area (Å²) in [5, 5.41) is 0. The van der Waals surface area contributed by atoms with Gasteiger partial charge in [-0.25, -0.2) is 0 Å². The topological polar surface area (TPSA) is 3.24 Å². The van der Waals surface area contributed by atoms with E-state index in [4.69, 9.17) is 0 Å². The highest BCUT2D eigenvalue weighted by Crippen LogP contribution is 2.27. The SMILES string of the molecule is CCCN(CC(C)C)C1CC1. The van der Waals surface area contributed by atoms with E-state index in [1.165, 1.54) is 32.4 Å². The van der Waals surface area contributed by atoms with Crippen molar-refractivity contribution in [3.05, 3.63) is 0 Å². The van der Waals surface area contributed by atoms with E-state index in [0.717, 1.165) is 12.0 Å². The number of nitrogens with zero attached hydrogens (tertiary/aromatic N) is 1. The second-order valence-corrected chi connectivity index (χ2v) is 4.12. The van der Waals surface area contributed by atoms with Gasteiger partial charge in [0.1, 0.15) is 0 Å². The van der Waals surface area contributed by atoms with Crippen molar-refractivity contribution < 1.29 is 0 Å². The van der Waals surface area contributed by atoms with Crippen molar-refractivity contribution in [1.82, 2.24) is 4.90 Å². The molecule has 0 bridgehead atoms. The minimum absolute atomic E-state index is 0.835. The van der Waals surface area contributed by atoms with Gasteiger partial charge < -0.3 is 4.90 Å². The lowest BCUT2D eigenvalue weighted by atomic mass is 10.2. The Hall–Kier alpha value is -0.0400. The summed E-state index contributed by atoms with van der Waals surface area (Å²) in [5.41, 5.74) is 0. The summed E-state index contributed by atoms with van der Waals surface area (Å²) in [4.78, 5) is 2.66.